The summed E-state index contributed by atoms with van der Waals surface area (Å²) in [5.74, 6) is 1.71. The van der Waals surface area contributed by atoms with Gasteiger partial charge in [0, 0.05) is 30.0 Å². The zero-order valence-corrected chi connectivity index (χ0v) is 9.63. The van der Waals surface area contributed by atoms with Crippen LogP contribution in [0.15, 0.2) is 17.1 Å². The van der Waals surface area contributed by atoms with Gasteiger partial charge in [-0.05, 0) is 12.5 Å². The first kappa shape index (κ1) is 11.9. The van der Waals surface area contributed by atoms with Crippen LogP contribution in [0, 0.1) is 0 Å². The first-order chi connectivity index (χ1) is 6.85. The highest BCUT2D eigenvalue weighted by Crippen LogP contribution is 2.29. The van der Waals surface area contributed by atoms with Crippen molar-refractivity contribution in [2.75, 3.05) is 20.8 Å². The molecule has 0 amide bonds. The largest absolute Gasteiger partial charge is 0.497 e. The van der Waals surface area contributed by atoms with Gasteiger partial charge in [-0.15, -0.1) is 12.4 Å². The van der Waals surface area contributed by atoms with Gasteiger partial charge in [0.2, 0.25) is 0 Å². The molecule has 0 aromatic heterocycles. The lowest BCUT2D eigenvalue weighted by Crippen LogP contribution is -2.05. The van der Waals surface area contributed by atoms with E-state index in [4.69, 9.17) is 9.47 Å². The molecule has 1 aromatic carbocycles. The molecule has 2 rings (SSSR count). The van der Waals surface area contributed by atoms with Gasteiger partial charge in [0.05, 0.1) is 14.2 Å². The second-order valence-electron chi connectivity index (χ2n) is 3.18. The predicted octanol–water partition coefficient (Wildman–Crippen LogP) is 2.10. The number of methoxy groups -OCH3 is 2. The molecule has 4 heteroatoms. The molecule has 15 heavy (non-hydrogen) atoms. The number of ether oxygens (including phenoxy) is 2. The quantitative estimate of drug-likeness (QED) is 0.775. The summed E-state index contributed by atoms with van der Waals surface area (Å²) in [4.78, 5) is 4.23. The molecular formula is C11H14ClNO2. The van der Waals surface area contributed by atoms with E-state index < -0.39 is 0 Å². The van der Waals surface area contributed by atoms with Gasteiger partial charge in [-0.25, -0.2) is 0 Å². The highest BCUT2D eigenvalue weighted by molar-refractivity contribution is 5.85. The Hall–Kier alpha value is -1.22. The van der Waals surface area contributed by atoms with Crippen molar-refractivity contribution in [1.29, 1.82) is 0 Å². The van der Waals surface area contributed by atoms with Gasteiger partial charge < -0.3 is 9.47 Å². The third-order valence-electron chi connectivity index (χ3n) is 2.39. The molecule has 3 nitrogen and oxygen atoms in total. The number of hydrogen-bond donors (Lipinski definition) is 0. The Morgan fingerprint density at radius 1 is 1.20 bits per heavy atom. The van der Waals surface area contributed by atoms with Crippen LogP contribution >= 0.6 is 12.4 Å². The molecule has 0 spiro atoms. The minimum Gasteiger partial charge on any atom is -0.497 e. The van der Waals surface area contributed by atoms with Crippen LogP contribution in [-0.4, -0.2) is 27.0 Å². The third-order valence-corrected chi connectivity index (χ3v) is 2.39. The maximum absolute atomic E-state index is 5.31. The number of aliphatic imine (C=N–C) groups is 1. The van der Waals surface area contributed by atoms with Crippen molar-refractivity contribution in [2.24, 2.45) is 4.99 Å². The smallest absolute Gasteiger partial charge is 0.126 e. The minimum atomic E-state index is 0. The van der Waals surface area contributed by atoms with Gasteiger partial charge in [-0.3, -0.25) is 4.99 Å². The number of benzene rings is 1. The van der Waals surface area contributed by atoms with Crippen molar-refractivity contribution in [3.05, 3.63) is 23.3 Å². The Kier molecular flexibility index (Phi) is 3.97. The van der Waals surface area contributed by atoms with Crippen molar-refractivity contribution < 1.29 is 9.47 Å². The fraction of sp³-hybridized carbons (Fsp3) is 0.364. The second-order valence-corrected chi connectivity index (χ2v) is 3.18. The average Bonchev–Trinajstić information content (AvgIpc) is 2.27. The Balaban J connectivity index is 0.00000112. The van der Waals surface area contributed by atoms with E-state index in [0.717, 1.165) is 30.0 Å². The van der Waals surface area contributed by atoms with Crippen molar-refractivity contribution in [2.45, 2.75) is 6.42 Å². The van der Waals surface area contributed by atoms with E-state index in [1.165, 1.54) is 5.56 Å². The first-order valence-electron chi connectivity index (χ1n) is 4.60. The lowest BCUT2D eigenvalue weighted by atomic mass is 10.0. The maximum Gasteiger partial charge on any atom is 0.126 e. The highest BCUT2D eigenvalue weighted by Gasteiger charge is 2.12. The third kappa shape index (κ3) is 2.23. The zero-order valence-electron chi connectivity index (χ0n) is 8.82. The zero-order chi connectivity index (χ0) is 9.97. The Morgan fingerprint density at radius 2 is 2.00 bits per heavy atom. The van der Waals surface area contributed by atoms with E-state index in [1.807, 2.05) is 18.3 Å². The van der Waals surface area contributed by atoms with Crippen LogP contribution in [0.4, 0.5) is 0 Å². The van der Waals surface area contributed by atoms with Gasteiger partial charge in [0.15, 0.2) is 0 Å². The molecule has 0 unspecified atom stereocenters. The molecular weight excluding hydrogens is 214 g/mol. The summed E-state index contributed by atoms with van der Waals surface area (Å²) >= 11 is 0. The molecule has 1 heterocycles. The van der Waals surface area contributed by atoms with Crippen LogP contribution in [0.3, 0.4) is 0 Å². The normalized spacial score (nSPS) is 12.7. The summed E-state index contributed by atoms with van der Waals surface area (Å²) in [6.07, 6.45) is 2.82. The lowest BCUT2D eigenvalue weighted by Gasteiger charge is -2.15. The molecule has 1 aliphatic heterocycles. The van der Waals surface area contributed by atoms with Crippen LogP contribution in [0.2, 0.25) is 0 Å². The topological polar surface area (TPSA) is 30.8 Å². The summed E-state index contributed by atoms with van der Waals surface area (Å²) < 4.78 is 10.5. The molecule has 0 fully saturated rings. The summed E-state index contributed by atoms with van der Waals surface area (Å²) in [5.41, 5.74) is 2.33. The number of nitrogens with zero attached hydrogens (tertiary/aromatic N) is 1. The molecule has 0 aliphatic carbocycles. The van der Waals surface area contributed by atoms with Gasteiger partial charge in [-0.2, -0.15) is 0 Å². The van der Waals surface area contributed by atoms with Crippen molar-refractivity contribution >= 4 is 18.6 Å². The van der Waals surface area contributed by atoms with Gasteiger partial charge in [-0.1, -0.05) is 0 Å². The van der Waals surface area contributed by atoms with E-state index in [9.17, 15) is 0 Å². The molecule has 0 N–H and O–H groups in total. The molecule has 0 atom stereocenters. The highest BCUT2D eigenvalue weighted by atomic mass is 35.5. The molecule has 0 saturated heterocycles. The van der Waals surface area contributed by atoms with Gasteiger partial charge in [0.1, 0.15) is 11.5 Å². The number of halogens is 1. The van der Waals surface area contributed by atoms with E-state index in [0.29, 0.717) is 0 Å². The van der Waals surface area contributed by atoms with Crippen molar-refractivity contribution in [3.63, 3.8) is 0 Å². The number of hydrogen-bond acceptors (Lipinski definition) is 3. The lowest BCUT2D eigenvalue weighted by molar-refractivity contribution is 0.390. The molecule has 0 bridgehead atoms. The Morgan fingerprint density at radius 3 is 2.67 bits per heavy atom. The monoisotopic (exact) mass is 227 g/mol. The molecule has 1 aliphatic rings. The Bertz CT molecular complexity index is 377. The predicted molar refractivity (Wildman–Crippen MR) is 63.0 cm³/mol. The maximum atomic E-state index is 5.31. The molecule has 0 radical (unpaired) electrons. The first-order valence-corrected chi connectivity index (χ1v) is 4.60. The van der Waals surface area contributed by atoms with Gasteiger partial charge >= 0.3 is 0 Å². The van der Waals surface area contributed by atoms with Crippen LogP contribution in [-0.2, 0) is 6.42 Å². The SMILES string of the molecule is COc1cc2c(c(OC)c1)CCN=C2.Cl. The van der Waals surface area contributed by atoms with Crippen LogP contribution < -0.4 is 9.47 Å². The molecule has 82 valence electrons. The van der Waals surface area contributed by atoms with Crippen molar-refractivity contribution in [3.8, 4) is 11.5 Å². The fourth-order valence-electron chi connectivity index (χ4n) is 1.66. The van der Waals surface area contributed by atoms with Crippen LogP contribution in [0.1, 0.15) is 11.1 Å². The minimum absolute atomic E-state index is 0. The number of rotatable bonds is 2. The Labute approximate surface area is 95.5 Å². The summed E-state index contributed by atoms with van der Waals surface area (Å²) in [5, 5.41) is 0. The fourth-order valence-corrected chi connectivity index (χ4v) is 1.66. The number of fused-ring (bicyclic) bond motifs is 1. The molecule has 0 saturated carbocycles. The summed E-state index contributed by atoms with van der Waals surface area (Å²) in [6.45, 7) is 0.843. The summed E-state index contributed by atoms with van der Waals surface area (Å²) in [6, 6.07) is 3.90. The van der Waals surface area contributed by atoms with E-state index in [-0.39, 0.29) is 12.4 Å². The summed E-state index contributed by atoms with van der Waals surface area (Å²) in [7, 11) is 3.34. The van der Waals surface area contributed by atoms with E-state index in [2.05, 4.69) is 4.99 Å². The second kappa shape index (κ2) is 5.03. The van der Waals surface area contributed by atoms with Crippen LogP contribution in [0.5, 0.6) is 11.5 Å². The van der Waals surface area contributed by atoms with Crippen LogP contribution in [0.25, 0.3) is 0 Å². The van der Waals surface area contributed by atoms with E-state index in [1.54, 1.807) is 14.2 Å². The standard InChI is InChI=1S/C11H13NO2.ClH/c1-13-9-5-8-7-12-4-3-10(8)11(6-9)14-2;/h5-7H,3-4H2,1-2H3;1H. The molecule has 1 aromatic rings. The van der Waals surface area contributed by atoms with Crippen molar-refractivity contribution in [1.82, 2.24) is 0 Å². The van der Waals surface area contributed by atoms with Gasteiger partial charge in [0.25, 0.3) is 0 Å². The average molecular weight is 228 g/mol. The van der Waals surface area contributed by atoms with E-state index >= 15 is 0 Å².